The summed E-state index contributed by atoms with van der Waals surface area (Å²) in [4.78, 5) is 0. The van der Waals surface area contributed by atoms with Gasteiger partial charge in [-0.1, -0.05) is 108 Å². The maximum atomic E-state index is 3.76. The maximum Gasteiger partial charge on any atom is 0.0210 e. The molecule has 144 valence electrons. The standard InChI is InChI=1S/C24H43N/c1-5-6-7-8-9-10-11-12-13-15-18-22(2)24(3,4)25-21-23-19-16-14-17-20-23/h14,16-17,19-20,22,25H,5-13,15,18,21H2,1-4H3. The van der Waals surface area contributed by atoms with Crippen LogP contribution < -0.4 is 5.32 Å². The van der Waals surface area contributed by atoms with E-state index in [4.69, 9.17) is 0 Å². The molecule has 0 spiro atoms. The summed E-state index contributed by atoms with van der Waals surface area (Å²) in [5, 5.41) is 3.76. The van der Waals surface area contributed by atoms with Crippen molar-refractivity contribution in [2.75, 3.05) is 0 Å². The molecule has 0 saturated heterocycles. The van der Waals surface area contributed by atoms with Gasteiger partial charge in [0.05, 0.1) is 0 Å². The molecule has 0 heterocycles. The van der Waals surface area contributed by atoms with Gasteiger partial charge >= 0.3 is 0 Å². The Morgan fingerprint density at radius 1 is 0.800 bits per heavy atom. The summed E-state index contributed by atoms with van der Waals surface area (Å²) >= 11 is 0. The molecule has 1 N–H and O–H groups in total. The topological polar surface area (TPSA) is 12.0 Å². The van der Waals surface area contributed by atoms with E-state index in [2.05, 4.69) is 63.3 Å². The number of hydrogen-bond acceptors (Lipinski definition) is 1. The minimum absolute atomic E-state index is 0.203. The Kier molecular flexibility index (Phi) is 11.9. The molecule has 1 rings (SSSR count). The van der Waals surface area contributed by atoms with Crippen molar-refractivity contribution in [1.82, 2.24) is 5.32 Å². The van der Waals surface area contributed by atoms with Crippen molar-refractivity contribution in [3.63, 3.8) is 0 Å². The molecule has 0 bridgehead atoms. The number of hydrogen-bond donors (Lipinski definition) is 1. The molecule has 0 amide bonds. The summed E-state index contributed by atoms with van der Waals surface area (Å²) in [6.45, 7) is 10.4. The molecular formula is C24H43N. The van der Waals surface area contributed by atoms with E-state index in [0.717, 1.165) is 6.54 Å². The Morgan fingerprint density at radius 3 is 1.88 bits per heavy atom. The van der Waals surface area contributed by atoms with E-state index < -0.39 is 0 Å². The van der Waals surface area contributed by atoms with E-state index in [0.29, 0.717) is 5.92 Å². The minimum atomic E-state index is 0.203. The van der Waals surface area contributed by atoms with Crippen LogP contribution in [-0.4, -0.2) is 5.54 Å². The van der Waals surface area contributed by atoms with Gasteiger partial charge in [0.2, 0.25) is 0 Å². The lowest BCUT2D eigenvalue weighted by molar-refractivity contribution is 0.249. The van der Waals surface area contributed by atoms with Crippen LogP contribution in [0.15, 0.2) is 30.3 Å². The van der Waals surface area contributed by atoms with Gasteiger partial charge < -0.3 is 5.32 Å². The van der Waals surface area contributed by atoms with E-state index in [1.807, 2.05) is 0 Å². The number of benzene rings is 1. The van der Waals surface area contributed by atoms with E-state index in [9.17, 15) is 0 Å². The fraction of sp³-hybridized carbons (Fsp3) is 0.750. The predicted octanol–water partition coefficient (Wildman–Crippen LogP) is 7.50. The van der Waals surface area contributed by atoms with Gasteiger partial charge in [0, 0.05) is 12.1 Å². The lowest BCUT2D eigenvalue weighted by Gasteiger charge is -2.33. The number of nitrogens with one attached hydrogen (secondary N) is 1. The third kappa shape index (κ3) is 10.7. The third-order valence-corrected chi connectivity index (χ3v) is 5.81. The van der Waals surface area contributed by atoms with Crippen LogP contribution >= 0.6 is 0 Å². The third-order valence-electron chi connectivity index (χ3n) is 5.81. The summed E-state index contributed by atoms with van der Waals surface area (Å²) in [6.07, 6.45) is 15.6. The highest BCUT2D eigenvalue weighted by Crippen LogP contribution is 2.23. The minimum Gasteiger partial charge on any atom is -0.307 e. The van der Waals surface area contributed by atoms with Crippen molar-refractivity contribution in [3.05, 3.63) is 35.9 Å². The molecule has 1 nitrogen and oxygen atoms in total. The average Bonchev–Trinajstić information content (AvgIpc) is 2.62. The molecule has 1 aromatic rings. The molecule has 1 unspecified atom stereocenters. The molecule has 0 radical (unpaired) electrons. The highest BCUT2D eigenvalue weighted by atomic mass is 15.0. The van der Waals surface area contributed by atoms with Gasteiger partial charge in [-0.3, -0.25) is 0 Å². The Hall–Kier alpha value is -0.820. The van der Waals surface area contributed by atoms with Crippen LogP contribution in [0.2, 0.25) is 0 Å². The molecule has 0 aromatic heterocycles. The summed E-state index contributed by atoms with van der Waals surface area (Å²) < 4.78 is 0. The average molecular weight is 346 g/mol. The first-order valence-corrected chi connectivity index (χ1v) is 10.8. The SMILES string of the molecule is CCCCCCCCCCCCC(C)C(C)(C)NCc1ccccc1. The zero-order chi connectivity index (χ0) is 18.4. The van der Waals surface area contributed by atoms with Crippen LogP contribution in [0.1, 0.15) is 104 Å². The molecule has 0 aliphatic rings. The number of unbranched alkanes of at least 4 members (excludes halogenated alkanes) is 9. The molecule has 1 atom stereocenters. The van der Waals surface area contributed by atoms with E-state index >= 15 is 0 Å². The highest BCUT2D eigenvalue weighted by Gasteiger charge is 2.24. The van der Waals surface area contributed by atoms with Crippen molar-refractivity contribution >= 4 is 0 Å². The zero-order valence-electron chi connectivity index (χ0n) is 17.4. The van der Waals surface area contributed by atoms with Crippen LogP contribution in [0.25, 0.3) is 0 Å². The normalized spacial score (nSPS) is 13.1. The van der Waals surface area contributed by atoms with E-state index in [-0.39, 0.29) is 5.54 Å². The molecule has 1 aromatic carbocycles. The largest absolute Gasteiger partial charge is 0.307 e. The monoisotopic (exact) mass is 345 g/mol. The van der Waals surface area contributed by atoms with Crippen LogP contribution in [0.5, 0.6) is 0 Å². The zero-order valence-corrected chi connectivity index (χ0v) is 17.4. The second kappa shape index (κ2) is 13.4. The van der Waals surface area contributed by atoms with Crippen molar-refractivity contribution in [3.8, 4) is 0 Å². The van der Waals surface area contributed by atoms with E-state index in [1.165, 1.54) is 76.2 Å². The Balaban J connectivity index is 2.05. The van der Waals surface area contributed by atoms with Crippen molar-refractivity contribution in [1.29, 1.82) is 0 Å². The Morgan fingerprint density at radius 2 is 1.32 bits per heavy atom. The van der Waals surface area contributed by atoms with Crippen LogP contribution in [0.3, 0.4) is 0 Å². The number of rotatable bonds is 15. The summed E-state index contributed by atoms with van der Waals surface area (Å²) in [7, 11) is 0. The van der Waals surface area contributed by atoms with Crippen molar-refractivity contribution in [2.24, 2.45) is 5.92 Å². The van der Waals surface area contributed by atoms with Gasteiger partial charge in [0.25, 0.3) is 0 Å². The molecule has 25 heavy (non-hydrogen) atoms. The van der Waals surface area contributed by atoms with E-state index in [1.54, 1.807) is 0 Å². The first-order chi connectivity index (χ1) is 12.1. The second-order valence-corrected chi connectivity index (χ2v) is 8.43. The first-order valence-electron chi connectivity index (χ1n) is 10.8. The lowest BCUT2D eigenvalue weighted by Crippen LogP contribution is -2.44. The van der Waals surface area contributed by atoms with Gasteiger partial charge in [-0.05, 0) is 31.7 Å². The lowest BCUT2D eigenvalue weighted by atomic mass is 9.84. The molecule has 1 heteroatoms. The highest BCUT2D eigenvalue weighted by molar-refractivity contribution is 5.14. The van der Waals surface area contributed by atoms with Crippen LogP contribution in [0, 0.1) is 5.92 Å². The van der Waals surface area contributed by atoms with Gasteiger partial charge in [0.15, 0.2) is 0 Å². The maximum absolute atomic E-state index is 3.76. The smallest absolute Gasteiger partial charge is 0.0210 e. The van der Waals surface area contributed by atoms with Gasteiger partial charge in [-0.15, -0.1) is 0 Å². The molecule has 0 aliphatic carbocycles. The van der Waals surface area contributed by atoms with Gasteiger partial charge in [0.1, 0.15) is 0 Å². The van der Waals surface area contributed by atoms with Gasteiger partial charge in [-0.25, -0.2) is 0 Å². The molecule has 0 aliphatic heterocycles. The molecule has 0 saturated carbocycles. The van der Waals surface area contributed by atoms with Gasteiger partial charge in [-0.2, -0.15) is 0 Å². The fourth-order valence-electron chi connectivity index (χ4n) is 3.40. The predicted molar refractivity (Wildman–Crippen MR) is 113 cm³/mol. The Labute approximate surface area is 158 Å². The van der Waals surface area contributed by atoms with Crippen molar-refractivity contribution < 1.29 is 0 Å². The Bertz CT molecular complexity index is 409. The summed E-state index contributed by atoms with van der Waals surface area (Å²) in [5.41, 5.74) is 1.58. The summed E-state index contributed by atoms with van der Waals surface area (Å²) in [6, 6.07) is 10.7. The molecule has 0 fully saturated rings. The fourth-order valence-corrected chi connectivity index (χ4v) is 3.40. The summed E-state index contributed by atoms with van der Waals surface area (Å²) in [5.74, 6) is 0.713. The second-order valence-electron chi connectivity index (χ2n) is 8.43. The first kappa shape index (κ1) is 22.2. The molecular weight excluding hydrogens is 302 g/mol. The van der Waals surface area contributed by atoms with Crippen molar-refractivity contribution in [2.45, 2.75) is 110 Å². The quantitative estimate of drug-likeness (QED) is 0.324. The van der Waals surface area contributed by atoms with Crippen LogP contribution in [-0.2, 0) is 6.54 Å². The van der Waals surface area contributed by atoms with Crippen LogP contribution in [0.4, 0.5) is 0 Å².